The van der Waals surface area contributed by atoms with E-state index in [1.54, 1.807) is 0 Å². The highest BCUT2D eigenvalue weighted by atomic mass is 19.4. The number of methoxy groups -OCH3 is 4. The second-order valence-electron chi connectivity index (χ2n) is 11.6. The van der Waals surface area contributed by atoms with Gasteiger partial charge in [0.05, 0.1) is 22.3 Å². The molecule has 2 aromatic carbocycles. The van der Waals surface area contributed by atoms with Crippen LogP contribution >= 0.6 is 0 Å². The molecule has 0 saturated carbocycles. The lowest BCUT2D eigenvalue weighted by molar-refractivity contribution is -0.288. The largest absolute Gasteiger partial charge is 0.411 e. The number of hydrogen-bond acceptors (Lipinski definition) is 12. The van der Waals surface area contributed by atoms with E-state index in [2.05, 4.69) is 9.47 Å². The molecule has 0 N–H and O–H groups in total. The molecule has 0 bridgehead atoms. The number of hydrogen-bond donors (Lipinski definition) is 0. The number of carbonyl (C=O) groups excluding carboxylic acids is 6. The van der Waals surface area contributed by atoms with Crippen molar-refractivity contribution in [2.75, 3.05) is 55.4 Å². The van der Waals surface area contributed by atoms with Gasteiger partial charge >= 0.3 is 48.3 Å². The van der Waals surface area contributed by atoms with E-state index >= 15 is 0 Å². The van der Waals surface area contributed by atoms with Gasteiger partial charge in [-0.1, -0.05) is 12.1 Å². The van der Waals surface area contributed by atoms with Crippen LogP contribution in [0.1, 0.15) is 52.6 Å². The minimum Gasteiger partial charge on any atom is -0.386 e. The van der Waals surface area contributed by atoms with Crippen molar-refractivity contribution < 1.29 is 83.5 Å². The summed E-state index contributed by atoms with van der Waals surface area (Å²) in [5.41, 5.74) is -10.1. The Morgan fingerprint density at radius 1 is 0.509 bits per heavy atom. The van der Waals surface area contributed by atoms with Crippen LogP contribution in [0.15, 0.2) is 36.4 Å². The minimum absolute atomic E-state index is 0.0640. The third-order valence-corrected chi connectivity index (χ3v) is 8.61. The van der Waals surface area contributed by atoms with Gasteiger partial charge in [0.15, 0.2) is 12.3 Å². The van der Waals surface area contributed by atoms with E-state index in [-0.39, 0.29) is 51.1 Å². The Kier molecular flexibility index (Phi) is 10.5. The fraction of sp³-hybridized carbons (Fsp3) is 0.419. The number of ether oxygens (including phenoxy) is 6. The van der Waals surface area contributed by atoms with Crippen LogP contribution in [0.5, 0.6) is 0 Å². The Bertz CT molecular complexity index is 1690. The van der Waals surface area contributed by atoms with Gasteiger partial charge in [-0.05, 0) is 35.4 Å². The predicted octanol–water partition coefficient (Wildman–Crippen LogP) is 3.25. The van der Waals surface area contributed by atoms with Crippen molar-refractivity contribution >= 4 is 35.9 Å². The van der Waals surface area contributed by atoms with Gasteiger partial charge in [0.25, 0.3) is 0 Å². The third-order valence-electron chi connectivity index (χ3n) is 8.61. The molecule has 286 valence electrons. The van der Waals surface area contributed by atoms with Crippen molar-refractivity contribution in [3.63, 3.8) is 0 Å². The van der Waals surface area contributed by atoms with Crippen LogP contribution in [0.25, 0.3) is 0 Å². The average molecular weight is 763 g/mol. The summed E-state index contributed by atoms with van der Waals surface area (Å²) in [5, 5.41) is 0. The number of amides is 4. The first-order valence-corrected chi connectivity index (χ1v) is 15.0. The number of urea groups is 2. The van der Waals surface area contributed by atoms with Gasteiger partial charge in [-0.25, -0.2) is 28.8 Å². The normalized spacial score (nSPS) is 19.7. The summed E-state index contributed by atoms with van der Waals surface area (Å²) in [6.45, 7) is 0.256. The van der Waals surface area contributed by atoms with Gasteiger partial charge in [0.1, 0.15) is 26.9 Å². The Morgan fingerprint density at radius 3 is 1.06 bits per heavy atom. The van der Waals surface area contributed by atoms with E-state index in [1.807, 2.05) is 0 Å². The molecule has 4 amide bonds. The summed E-state index contributed by atoms with van der Waals surface area (Å²) in [7, 11) is 5.97. The van der Waals surface area contributed by atoms with Crippen LogP contribution in [0, 0.1) is 0 Å². The number of halogens is 6. The molecule has 4 aliphatic heterocycles. The van der Waals surface area contributed by atoms with Crippen molar-refractivity contribution in [1.82, 2.24) is 19.6 Å². The summed E-state index contributed by atoms with van der Waals surface area (Å²) in [6, 6.07) is 2.06. The van der Waals surface area contributed by atoms with Crippen molar-refractivity contribution in [3.05, 3.63) is 69.8 Å². The molecule has 0 radical (unpaired) electrons. The van der Waals surface area contributed by atoms with E-state index in [4.69, 9.17) is 18.9 Å². The summed E-state index contributed by atoms with van der Waals surface area (Å²) < 4.78 is 114. The summed E-state index contributed by atoms with van der Waals surface area (Å²) in [4.78, 5) is 77.5. The number of rotatable bonds is 10. The average Bonchev–Trinajstić information content (AvgIpc) is 3.72. The Balaban J connectivity index is 0.000000217. The van der Waals surface area contributed by atoms with Gasteiger partial charge in [-0.3, -0.25) is 19.6 Å². The molecule has 4 aliphatic rings. The van der Waals surface area contributed by atoms with Gasteiger partial charge in [0, 0.05) is 28.4 Å². The second-order valence-corrected chi connectivity index (χ2v) is 11.6. The summed E-state index contributed by atoms with van der Waals surface area (Å²) in [5.74, 6) is -5.23. The lowest BCUT2D eigenvalue weighted by atomic mass is 9.71. The smallest absolute Gasteiger partial charge is 0.386 e. The Labute approximate surface area is 294 Å². The zero-order valence-electron chi connectivity index (χ0n) is 27.9. The van der Waals surface area contributed by atoms with E-state index < -0.39 is 87.4 Å². The summed E-state index contributed by atoms with van der Waals surface area (Å²) in [6.07, 6.45) is -13.1. The minimum atomic E-state index is -6.02. The molecule has 2 aromatic rings. The maximum absolute atomic E-state index is 14.2. The van der Waals surface area contributed by atoms with Crippen LogP contribution in [0.3, 0.4) is 0 Å². The second kappa shape index (κ2) is 14.2. The molecule has 53 heavy (non-hydrogen) atoms. The molecule has 2 fully saturated rings. The van der Waals surface area contributed by atoms with Gasteiger partial charge in [-0.15, -0.1) is 0 Å². The predicted molar refractivity (Wildman–Crippen MR) is 158 cm³/mol. The molecule has 22 heteroatoms. The molecule has 0 aromatic heterocycles. The zero-order chi connectivity index (χ0) is 39.2. The van der Waals surface area contributed by atoms with E-state index in [0.717, 1.165) is 0 Å². The molecule has 0 atom stereocenters. The maximum Gasteiger partial charge on any atom is 0.411 e. The quantitative estimate of drug-likeness (QED) is 0.197. The highest BCUT2D eigenvalue weighted by molar-refractivity contribution is 6.15. The lowest BCUT2D eigenvalue weighted by Crippen LogP contribution is -2.55. The highest BCUT2D eigenvalue weighted by Crippen LogP contribution is 2.57. The topological polar surface area (TPSA) is 171 Å². The van der Waals surface area contributed by atoms with Crippen LogP contribution in [0.2, 0.25) is 0 Å². The number of cyclic esters (lactones) is 4. The van der Waals surface area contributed by atoms with Gasteiger partial charge < -0.3 is 28.4 Å². The number of carbonyl (C=O) groups is 6. The SMILES string of the molecule is COCN1C(=O)N(COC)C2C1N(COC)C(=O)N2COC.O=C1OC(=O)c2cc(C(c3ccc4c(c3)C(=O)OC4=O)(C(F)(F)F)C(F)(F)F)ccc21. The lowest BCUT2D eigenvalue weighted by Gasteiger charge is -2.38. The first-order valence-electron chi connectivity index (χ1n) is 15.0. The molecule has 16 nitrogen and oxygen atoms in total. The van der Waals surface area contributed by atoms with Gasteiger partial charge in [-0.2, -0.15) is 26.3 Å². The molecule has 0 spiro atoms. The number of nitrogens with zero attached hydrogens (tertiary/aromatic N) is 4. The molecule has 0 unspecified atom stereocenters. The first-order chi connectivity index (χ1) is 24.9. The Morgan fingerprint density at radius 2 is 0.792 bits per heavy atom. The Hall–Kier alpha value is -5.32. The zero-order valence-corrected chi connectivity index (χ0v) is 27.9. The van der Waals surface area contributed by atoms with Crippen molar-refractivity contribution in [3.8, 4) is 0 Å². The highest BCUT2D eigenvalue weighted by Gasteiger charge is 2.73. The van der Waals surface area contributed by atoms with E-state index in [9.17, 15) is 55.1 Å². The number of alkyl halides is 6. The molecular weight excluding hydrogens is 734 g/mol. The fourth-order valence-corrected chi connectivity index (χ4v) is 6.46. The monoisotopic (exact) mass is 762 g/mol. The van der Waals surface area contributed by atoms with Crippen molar-refractivity contribution in [2.45, 2.75) is 30.1 Å². The third kappa shape index (κ3) is 6.19. The van der Waals surface area contributed by atoms with Crippen LogP contribution in [0.4, 0.5) is 35.9 Å². The van der Waals surface area contributed by atoms with Crippen molar-refractivity contribution in [1.29, 1.82) is 0 Å². The van der Waals surface area contributed by atoms with Gasteiger partial charge in [0.2, 0.25) is 5.41 Å². The molecular formula is C31H28F6N4O12. The molecule has 4 heterocycles. The van der Waals surface area contributed by atoms with Crippen LogP contribution < -0.4 is 0 Å². The molecule has 2 saturated heterocycles. The molecule has 6 rings (SSSR count). The summed E-state index contributed by atoms with van der Waals surface area (Å²) >= 11 is 0. The number of benzene rings is 2. The number of fused-ring (bicyclic) bond motifs is 3. The number of esters is 4. The fourth-order valence-electron chi connectivity index (χ4n) is 6.46. The van der Waals surface area contributed by atoms with E-state index in [0.29, 0.717) is 24.3 Å². The van der Waals surface area contributed by atoms with Crippen molar-refractivity contribution in [2.24, 2.45) is 0 Å². The standard InChI is InChI=1S/C19H6F6O6.C12H22N4O6/c20-18(21,22)17(19(23,24)25,7-1-3-9-11(5-7)15(28)30-13(9)26)8-2-4-10-12(6-8)16(29)31-14(10)27;1-19-5-13-9-10(15(7-21-3)11(13)17)16(8-22-4)12(18)14(9)6-20-2/h1-6H;9-10H,5-8H2,1-4H3. The first kappa shape index (κ1) is 38.9. The molecule has 0 aliphatic carbocycles. The van der Waals surface area contributed by atoms with E-state index in [1.165, 1.54) is 48.0 Å². The van der Waals surface area contributed by atoms with Crippen LogP contribution in [-0.2, 0) is 33.8 Å². The maximum atomic E-state index is 14.2. The van der Waals surface area contributed by atoms with Crippen LogP contribution in [-0.4, -0.2) is 136 Å².